The minimum atomic E-state index is -0.887. The molecule has 1 aromatic heterocycles. The van der Waals surface area contributed by atoms with Crippen molar-refractivity contribution in [2.24, 2.45) is 0 Å². The largest absolute Gasteiger partial charge is 0.476 e. The molecule has 0 radical (unpaired) electrons. The normalized spacial score (nSPS) is 15.7. The Hall–Kier alpha value is -2.63. The molecule has 1 aliphatic rings. The van der Waals surface area contributed by atoms with Crippen LogP contribution < -0.4 is 14.8 Å². The first kappa shape index (κ1) is 13.4. The summed E-state index contributed by atoms with van der Waals surface area (Å²) in [6.45, 7) is 3.46. The van der Waals surface area contributed by atoms with Crippen LogP contribution in [0.2, 0.25) is 0 Å². The zero-order valence-electron chi connectivity index (χ0n) is 12.0. The summed E-state index contributed by atoms with van der Waals surface area (Å²) in [6.07, 6.45) is 3.36. The zero-order valence-corrected chi connectivity index (χ0v) is 12.0. The van der Waals surface area contributed by atoms with E-state index in [-0.39, 0.29) is 5.91 Å². The summed E-state index contributed by atoms with van der Waals surface area (Å²) in [5, 5.41) is 2.83. The number of nitrogens with zero attached hydrogens (tertiary/aromatic N) is 2. The number of amides is 1. The fourth-order valence-corrected chi connectivity index (χ4v) is 2.05. The maximum atomic E-state index is 11.8. The summed E-state index contributed by atoms with van der Waals surface area (Å²) in [5.74, 6) is 0.475. The van der Waals surface area contributed by atoms with E-state index in [1.165, 1.54) is 7.11 Å². The van der Waals surface area contributed by atoms with Gasteiger partial charge in [0, 0.05) is 18.0 Å². The number of hydrogen-bond donors (Lipinski definition) is 1. The summed E-state index contributed by atoms with van der Waals surface area (Å²) < 4.78 is 10.7. The second kappa shape index (κ2) is 4.73. The summed E-state index contributed by atoms with van der Waals surface area (Å²) >= 11 is 0. The van der Waals surface area contributed by atoms with E-state index in [4.69, 9.17) is 9.47 Å². The van der Waals surface area contributed by atoms with Crippen molar-refractivity contribution in [3.8, 4) is 22.9 Å². The number of carbonyl (C=O) groups is 1. The van der Waals surface area contributed by atoms with E-state index in [2.05, 4.69) is 15.3 Å². The van der Waals surface area contributed by atoms with E-state index < -0.39 is 5.60 Å². The minimum Gasteiger partial charge on any atom is -0.476 e. The first-order valence-corrected chi connectivity index (χ1v) is 6.50. The van der Waals surface area contributed by atoms with Gasteiger partial charge in [-0.3, -0.25) is 4.79 Å². The van der Waals surface area contributed by atoms with Crippen LogP contribution in [0.5, 0.6) is 11.8 Å². The lowest BCUT2D eigenvalue weighted by Crippen LogP contribution is -2.45. The van der Waals surface area contributed by atoms with Crippen LogP contribution in [0.3, 0.4) is 0 Å². The van der Waals surface area contributed by atoms with Gasteiger partial charge in [0.25, 0.3) is 5.91 Å². The van der Waals surface area contributed by atoms with Crippen molar-refractivity contribution in [3.63, 3.8) is 0 Å². The Kier molecular flexibility index (Phi) is 3.01. The highest BCUT2D eigenvalue weighted by Gasteiger charge is 2.35. The van der Waals surface area contributed by atoms with Crippen LogP contribution in [0.1, 0.15) is 13.8 Å². The van der Waals surface area contributed by atoms with Crippen molar-refractivity contribution in [1.29, 1.82) is 0 Å². The second-order valence-corrected chi connectivity index (χ2v) is 5.24. The number of methoxy groups -OCH3 is 1. The van der Waals surface area contributed by atoms with Gasteiger partial charge in [-0.2, -0.15) is 0 Å². The molecule has 0 fully saturated rings. The topological polar surface area (TPSA) is 73.3 Å². The molecule has 1 N–H and O–H groups in total. The molecule has 1 amide bonds. The van der Waals surface area contributed by atoms with Gasteiger partial charge in [-0.05, 0) is 31.5 Å². The van der Waals surface area contributed by atoms with Crippen LogP contribution in [0, 0.1) is 0 Å². The second-order valence-electron chi connectivity index (χ2n) is 5.24. The molecule has 0 bridgehead atoms. The SMILES string of the molecule is COc1ncc(-c2ccc3c(c2)OC(C)(C)C(=O)N3)cn1. The first-order valence-electron chi connectivity index (χ1n) is 6.50. The summed E-state index contributed by atoms with van der Waals surface area (Å²) in [5.41, 5.74) is 1.53. The van der Waals surface area contributed by atoms with Crippen LogP contribution in [-0.2, 0) is 4.79 Å². The third-order valence-electron chi connectivity index (χ3n) is 3.29. The van der Waals surface area contributed by atoms with Gasteiger partial charge in [0.1, 0.15) is 5.75 Å². The van der Waals surface area contributed by atoms with Crippen LogP contribution >= 0.6 is 0 Å². The van der Waals surface area contributed by atoms with Crippen molar-refractivity contribution < 1.29 is 14.3 Å². The van der Waals surface area contributed by atoms with E-state index in [0.717, 1.165) is 11.1 Å². The monoisotopic (exact) mass is 285 g/mol. The molecule has 2 heterocycles. The predicted molar refractivity (Wildman–Crippen MR) is 77.4 cm³/mol. The molecule has 108 valence electrons. The molecule has 0 atom stereocenters. The number of anilines is 1. The number of carbonyl (C=O) groups excluding carboxylic acids is 1. The van der Waals surface area contributed by atoms with Gasteiger partial charge in [0.2, 0.25) is 0 Å². The number of ether oxygens (including phenoxy) is 2. The molecule has 6 nitrogen and oxygen atoms in total. The lowest BCUT2D eigenvalue weighted by Gasteiger charge is -2.31. The molecule has 6 heteroatoms. The Labute approximate surface area is 122 Å². The smallest absolute Gasteiger partial charge is 0.316 e. The number of hydrogen-bond acceptors (Lipinski definition) is 5. The van der Waals surface area contributed by atoms with Crippen LogP contribution in [0.25, 0.3) is 11.1 Å². The maximum Gasteiger partial charge on any atom is 0.316 e. The Morgan fingerprint density at radius 2 is 1.90 bits per heavy atom. The first-order chi connectivity index (χ1) is 9.99. The molecular weight excluding hydrogens is 270 g/mol. The third-order valence-corrected chi connectivity index (χ3v) is 3.29. The zero-order chi connectivity index (χ0) is 15.0. The van der Waals surface area contributed by atoms with Crippen molar-refractivity contribution in [2.75, 3.05) is 12.4 Å². The number of aromatic nitrogens is 2. The van der Waals surface area contributed by atoms with Gasteiger partial charge in [0.15, 0.2) is 5.60 Å². The minimum absolute atomic E-state index is 0.157. The van der Waals surface area contributed by atoms with Crippen LogP contribution in [-0.4, -0.2) is 28.6 Å². The fraction of sp³-hybridized carbons (Fsp3) is 0.267. The van der Waals surface area contributed by atoms with Crippen molar-refractivity contribution in [1.82, 2.24) is 9.97 Å². The highest BCUT2D eigenvalue weighted by Crippen LogP contribution is 2.36. The van der Waals surface area contributed by atoms with E-state index >= 15 is 0 Å². The Bertz CT molecular complexity index is 696. The number of nitrogens with one attached hydrogen (secondary N) is 1. The lowest BCUT2D eigenvalue weighted by atomic mass is 10.0. The molecule has 3 rings (SSSR count). The fourth-order valence-electron chi connectivity index (χ4n) is 2.05. The molecule has 0 saturated carbocycles. The van der Waals surface area contributed by atoms with Crippen LogP contribution in [0.4, 0.5) is 5.69 Å². The lowest BCUT2D eigenvalue weighted by molar-refractivity contribution is -0.129. The highest BCUT2D eigenvalue weighted by molar-refractivity contribution is 6.00. The molecule has 1 aliphatic heterocycles. The predicted octanol–water partition coefficient (Wildman–Crippen LogP) is 2.26. The molecule has 0 spiro atoms. The van der Waals surface area contributed by atoms with Gasteiger partial charge < -0.3 is 14.8 Å². The van der Waals surface area contributed by atoms with Crippen molar-refractivity contribution in [2.45, 2.75) is 19.4 Å². The quantitative estimate of drug-likeness (QED) is 0.916. The number of fused-ring (bicyclic) bond motifs is 1. The number of rotatable bonds is 2. The van der Waals surface area contributed by atoms with Gasteiger partial charge in [-0.25, -0.2) is 9.97 Å². The molecule has 21 heavy (non-hydrogen) atoms. The molecule has 0 aliphatic carbocycles. The van der Waals surface area contributed by atoms with Gasteiger partial charge in [0.05, 0.1) is 12.8 Å². The third kappa shape index (κ3) is 2.40. The van der Waals surface area contributed by atoms with E-state index in [0.29, 0.717) is 17.4 Å². The van der Waals surface area contributed by atoms with E-state index in [1.807, 2.05) is 18.2 Å². The highest BCUT2D eigenvalue weighted by atomic mass is 16.5. The van der Waals surface area contributed by atoms with Crippen molar-refractivity contribution >= 4 is 11.6 Å². The van der Waals surface area contributed by atoms with Crippen molar-refractivity contribution in [3.05, 3.63) is 30.6 Å². The molecule has 0 saturated heterocycles. The van der Waals surface area contributed by atoms with E-state index in [1.54, 1.807) is 26.2 Å². The molecule has 2 aromatic rings. The average Bonchev–Trinajstić information content (AvgIpc) is 2.48. The Balaban J connectivity index is 1.97. The van der Waals surface area contributed by atoms with E-state index in [9.17, 15) is 4.79 Å². The van der Waals surface area contributed by atoms with Gasteiger partial charge in [-0.15, -0.1) is 0 Å². The molecule has 0 unspecified atom stereocenters. The maximum absolute atomic E-state index is 11.8. The van der Waals surface area contributed by atoms with Gasteiger partial charge in [-0.1, -0.05) is 6.07 Å². The Morgan fingerprint density at radius 3 is 2.57 bits per heavy atom. The summed E-state index contributed by atoms with van der Waals surface area (Å²) in [7, 11) is 1.52. The standard InChI is InChI=1S/C15H15N3O3/c1-15(2)13(19)18-11-5-4-9(6-12(11)21-15)10-7-16-14(20-3)17-8-10/h4-8H,1-3H3,(H,18,19). The Morgan fingerprint density at radius 1 is 1.19 bits per heavy atom. The average molecular weight is 285 g/mol. The van der Waals surface area contributed by atoms with Crippen LogP contribution in [0.15, 0.2) is 30.6 Å². The number of benzene rings is 1. The van der Waals surface area contributed by atoms with Gasteiger partial charge >= 0.3 is 6.01 Å². The molecule has 1 aromatic carbocycles. The molecular formula is C15H15N3O3. The summed E-state index contributed by atoms with van der Waals surface area (Å²) in [6, 6.07) is 5.87. The summed E-state index contributed by atoms with van der Waals surface area (Å²) in [4.78, 5) is 20.0.